The molecule has 6 nitrogen and oxygen atoms in total. The molecular weight excluding hydrogens is 364 g/mol. The average molecular weight is 388 g/mol. The maximum atomic E-state index is 12.7. The van der Waals surface area contributed by atoms with Crippen LogP contribution in [0.5, 0.6) is 0 Å². The maximum absolute atomic E-state index is 12.7. The van der Waals surface area contributed by atoms with Crippen molar-refractivity contribution in [3.8, 4) is 0 Å². The Morgan fingerprint density at radius 2 is 1.93 bits per heavy atom. The first-order valence-corrected chi connectivity index (χ1v) is 9.91. The van der Waals surface area contributed by atoms with Crippen molar-refractivity contribution in [3.05, 3.63) is 83.2 Å². The number of fused-ring (bicyclic) bond motifs is 1. The number of hydrogen-bond acceptors (Lipinski definition) is 3. The van der Waals surface area contributed by atoms with E-state index in [0.717, 1.165) is 28.8 Å². The number of nitrogens with zero attached hydrogens (tertiary/aromatic N) is 3. The molecule has 4 rings (SSSR count). The Hall–Kier alpha value is -3.41. The second-order valence-electron chi connectivity index (χ2n) is 7.15. The van der Waals surface area contributed by atoms with Crippen LogP contribution in [-0.4, -0.2) is 28.1 Å². The van der Waals surface area contributed by atoms with Gasteiger partial charge in [-0.15, -0.1) is 0 Å². The van der Waals surface area contributed by atoms with Crippen LogP contribution in [0, 0.1) is 0 Å². The summed E-state index contributed by atoms with van der Waals surface area (Å²) in [6.45, 7) is 3.67. The summed E-state index contributed by atoms with van der Waals surface area (Å²) in [4.78, 5) is 26.6. The predicted molar refractivity (Wildman–Crippen MR) is 112 cm³/mol. The number of anilines is 1. The summed E-state index contributed by atoms with van der Waals surface area (Å²) in [5.41, 5.74) is 4.80. The normalized spacial score (nSPS) is 12.7. The van der Waals surface area contributed by atoms with Crippen molar-refractivity contribution in [1.82, 2.24) is 15.1 Å². The van der Waals surface area contributed by atoms with Crippen LogP contribution in [0.3, 0.4) is 0 Å². The number of nitrogens with one attached hydrogen (secondary N) is 1. The lowest BCUT2D eigenvalue weighted by Crippen LogP contribution is -2.27. The lowest BCUT2D eigenvalue weighted by atomic mass is 10.1. The summed E-state index contributed by atoms with van der Waals surface area (Å²) >= 11 is 0. The molecule has 0 aliphatic carbocycles. The monoisotopic (exact) mass is 388 g/mol. The zero-order chi connectivity index (χ0) is 20.2. The van der Waals surface area contributed by atoms with Gasteiger partial charge in [0, 0.05) is 43.2 Å². The number of rotatable bonds is 6. The molecule has 1 N–H and O–H groups in total. The van der Waals surface area contributed by atoms with Gasteiger partial charge < -0.3 is 10.2 Å². The molecule has 6 heteroatoms. The Morgan fingerprint density at radius 1 is 1.10 bits per heavy atom. The van der Waals surface area contributed by atoms with Crippen molar-refractivity contribution in [3.63, 3.8) is 0 Å². The quantitative estimate of drug-likeness (QED) is 0.705. The first kappa shape index (κ1) is 18.9. The molecule has 1 aliphatic rings. The van der Waals surface area contributed by atoms with Gasteiger partial charge in [-0.1, -0.05) is 31.2 Å². The van der Waals surface area contributed by atoms with E-state index in [1.165, 1.54) is 0 Å². The van der Waals surface area contributed by atoms with E-state index < -0.39 is 0 Å². The fourth-order valence-electron chi connectivity index (χ4n) is 3.72. The van der Waals surface area contributed by atoms with Crippen LogP contribution < -0.4 is 10.2 Å². The second kappa shape index (κ2) is 8.31. The third kappa shape index (κ3) is 4.06. The van der Waals surface area contributed by atoms with Crippen LogP contribution in [0.2, 0.25) is 0 Å². The number of aromatic nitrogens is 2. The van der Waals surface area contributed by atoms with Gasteiger partial charge in [0.1, 0.15) is 0 Å². The highest BCUT2D eigenvalue weighted by Crippen LogP contribution is 2.29. The molecule has 2 heterocycles. The molecule has 0 bridgehead atoms. The summed E-state index contributed by atoms with van der Waals surface area (Å²) < 4.78 is 1.87. The fourth-order valence-corrected chi connectivity index (χ4v) is 3.72. The van der Waals surface area contributed by atoms with Crippen LogP contribution >= 0.6 is 0 Å². The van der Waals surface area contributed by atoms with Gasteiger partial charge in [0.2, 0.25) is 5.91 Å². The molecule has 3 aromatic rings. The summed E-state index contributed by atoms with van der Waals surface area (Å²) in [5.74, 6) is 0.0108. The zero-order valence-electron chi connectivity index (χ0n) is 16.5. The smallest absolute Gasteiger partial charge is 0.251 e. The average Bonchev–Trinajstić information content (AvgIpc) is 3.41. The van der Waals surface area contributed by atoms with E-state index in [4.69, 9.17) is 0 Å². The Balaban J connectivity index is 1.44. The van der Waals surface area contributed by atoms with E-state index in [-0.39, 0.29) is 11.8 Å². The van der Waals surface area contributed by atoms with E-state index in [1.807, 2.05) is 59.1 Å². The minimum Gasteiger partial charge on any atom is -0.348 e. The van der Waals surface area contributed by atoms with Crippen molar-refractivity contribution in [2.75, 3.05) is 11.4 Å². The van der Waals surface area contributed by atoms with Gasteiger partial charge in [0.15, 0.2) is 0 Å². The van der Waals surface area contributed by atoms with Crippen LogP contribution in [0.4, 0.5) is 5.69 Å². The standard InChI is InChI=1S/C23H24N4O2/c1-2-22(28)27-13-10-17-14-18(8-9-21(17)27)23(29)24-15-19-6-3-4-7-20(19)16-26-12-5-11-25-26/h3-9,11-12,14H,2,10,13,15-16H2,1H3,(H,24,29). The van der Waals surface area contributed by atoms with Crippen molar-refractivity contribution in [2.45, 2.75) is 32.9 Å². The minimum atomic E-state index is -0.109. The lowest BCUT2D eigenvalue weighted by molar-refractivity contribution is -0.118. The van der Waals surface area contributed by atoms with Gasteiger partial charge in [-0.3, -0.25) is 14.3 Å². The SMILES string of the molecule is CCC(=O)N1CCc2cc(C(=O)NCc3ccccc3Cn3cccn3)ccc21. The van der Waals surface area contributed by atoms with Crippen LogP contribution in [0.15, 0.2) is 60.9 Å². The molecule has 29 heavy (non-hydrogen) atoms. The molecule has 0 atom stereocenters. The molecular formula is C23H24N4O2. The molecule has 0 radical (unpaired) electrons. The summed E-state index contributed by atoms with van der Waals surface area (Å²) in [5, 5.41) is 7.28. The van der Waals surface area contributed by atoms with Crippen molar-refractivity contribution in [2.24, 2.45) is 0 Å². The fraction of sp³-hybridized carbons (Fsp3) is 0.261. The molecule has 0 unspecified atom stereocenters. The molecule has 0 saturated heterocycles. The predicted octanol–water partition coefficient (Wildman–Crippen LogP) is 3.16. The van der Waals surface area contributed by atoms with Crippen molar-refractivity contribution >= 4 is 17.5 Å². The minimum absolute atomic E-state index is 0.109. The van der Waals surface area contributed by atoms with E-state index in [9.17, 15) is 9.59 Å². The Labute approximate surface area is 170 Å². The summed E-state index contributed by atoms with van der Waals surface area (Å²) in [6.07, 6.45) is 4.95. The van der Waals surface area contributed by atoms with Crippen LogP contribution in [0.25, 0.3) is 0 Å². The largest absolute Gasteiger partial charge is 0.348 e. The number of hydrogen-bond donors (Lipinski definition) is 1. The Morgan fingerprint density at radius 3 is 2.69 bits per heavy atom. The van der Waals surface area contributed by atoms with Crippen molar-refractivity contribution in [1.29, 1.82) is 0 Å². The van der Waals surface area contributed by atoms with E-state index >= 15 is 0 Å². The highest BCUT2D eigenvalue weighted by molar-refractivity contribution is 5.98. The van der Waals surface area contributed by atoms with Crippen LogP contribution in [0.1, 0.15) is 40.4 Å². The molecule has 1 aliphatic heterocycles. The summed E-state index contributed by atoms with van der Waals surface area (Å²) in [6, 6.07) is 15.5. The van der Waals surface area contributed by atoms with Gasteiger partial charge in [0.25, 0.3) is 5.91 Å². The molecule has 2 aromatic carbocycles. The topological polar surface area (TPSA) is 67.2 Å². The molecule has 0 saturated carbocycles. The van der Waals surface area contributed by atoms with Gasteiger partial charge in [0.05, 0.1) is 6.54 Å². The van der Waals surface area contributed by atoms with Gasteiger partial charge >= 0.3 is 0 Å². The first-order chi connectivity index (χ1) is 14.2. The lowest BCUT2D eigenvalue weighted by Gasteiger charge is -2.16. The molecule has 148 valence electrons. The molecule has 2 amide bonds. The number of carbonyl (C=O) groups excluding carboxylic acids is 2. The van der Waals surface area contributed by atoms with E-state index in [1.54, 1.807) is 12.3 Å². The third-order valence-corrected chi connectivity index (χ3v) is 5.29. The second-order valence-corrected chi connectivity index (χ2v) is 7.15. The molecule has 1 aromatic heterocycles. The van der Waals surface area contributed by atoms with Gasteiger partial charge in [-0.25, -0.2) is 0 Å². The maximum Gasteiger partial charge on any atom is 0.251 e. The van der Waals surface area contributed by atoms with Gasteiger partial charge in [-0.05, 0) is 47.4 Å². The number of carbonyl (C=O) groups is 2. The highest BCUT2D eigenvalue weighted by Gasteiger charge is 2.24. The van der Waals surface area contributed by atoms with E-state index in [2.05, 4.69) is 16.5 Å². The summed E-state index contributed by atoms with van der Waals surface area (Å²) in [7, 11) is 0. The van der Waals surface area contributed by atoms with E-state index in [0.29, 0.717) is 31.6 Å². The third-order valence-electron chi connectivity index (χ3n) is 5.29. The zero-order valence-corrected chi connectivity index (χ0v) is 16.5. The Kier molecular flexibility index (Phi) is 5.42. The number of benzene rings is 2. The van der Waals surface area contributed by atoms with Gasteiger partial charge in [-0.2, -0.15) is 5.10 Å². The van der Waals surface area contributed by atoms with Crippen LogP contribution in [-0.2, 0) is 24.3 Å². The Bertz CT molecular complexity index is 1030. The number of amides is 2. The first-order valence-electron chi connectivity index (χ1n) is 9.91. The highest BCUT2D eigenvalue weighted by atomic mass is 16.2. The molecule has 0 spiro atoms. The molecule has 0 fully saturated rings. The van der Waals surface area contributed by atoms with Crippen molar-refractivity contribution < 1.29 is 9.59 Å².